The average molecular weight is 467 g/mol. The summed E-state index contributed by atoms with van der Waals surface area (Å²) < 4.78 is 5.08. The molecule has 0 radical (unpaired) electrons. The number of aromatic nitrogens is 2. The van der Waals surface area contributed by atoms with Crippen LogP contribution < -0.4 is 20.4 Å². The summed E-state index contributed by atoms with van der Waals surface area (Å²) in [6.45, 7) is 6.12. The van der Waals surface area contributed by atoms with Crippen molar-refractivity contribution < 1.29 is 14.3 Å². The molecule has 0 atom stereocenters. The largest absolute Gasteiger partial charge is 0.497 e. The highest BCUT2D eigenvalue weighted by molar-refractivity contribution is 7.15. The maximum atomic E-state index is 12.3. The number of benzene rings is 2. The Hall–Kier alpha value is -3.79. The van der Waals surface area contributed by atoms with Gasteiger partial charge in [0.15, 0.2) is 0 Å². The number of ether oxygens (including phenoxy) is 1. The number of hydrogen-bond acceptors (Lipinski definition) is 8. The second-order valence-electron chi connectivity index (χ2n) is 6.92. The SMILES string of the molecule is CCN(CC)c1ccc(/C=N/NC(=O)Cc2nnc(NC(=O)c3ccc(OC)cc3)s2)cc1. The molecule has 10 heteroatoms. The number of hydrazone groups is 1. The molecule has 1 heterocycles. The Balaban J connectivity index is 1.48. The topological polar surface area (TPSA) is 109 Å². The Morgan fingerprint density at radius 1 is 1.06 bits per heavy atom. The molecule has 1 aromatic heterocycles. The Kier molecular flexibility index (Phi) is 8.48. The predicted molar refractivity (Wildman–Crippen MR) is 130 cm³/mol. The molecule has 0 bridgehead atoms. The molecule has 9 nitrogen and oxygen atoms in total. The molecule has 0 spiro atoms. The van der Waals surface area contributed by atoms with Crippen LogP contribution in [0.5, 0.6) is 5.75 Å². The van der Waals surface area contributed by atoms with Crippen molar-refractivity contribution in [2.75, 3.05) is 30.4 Å². The zero-order valence-corrected chi connectivity index (χ0v) is 19.6. The van der Waals surface area contributed by atoms with E-state index in [-0.39, 0.29) is 18.2 Å². The average Bonchev–Trinajstić information content (AvgIpc) is 3.27. The third-order valence-corrected chi connectivity index (χ3v) is 5.61. The van der Waals surface area contributed by atoms with E-state index in [1.54, 1.807) is 37.6 Å². The van der Waals surface area contributed by atoms with Crippen molar-refractivity contribution in [1.29, 1.82) is 0 Å². The minimum absolute atomic E-state index is 0.00824. The lowest BCUT2D eigenvalue weighted by molar-refractivity contribution is -0.120. The van der Waals surface area contributed by atoms with Gasteiger partial charge in [0.2, 0.25) is 11.0 Å². The fourth-order valence-corrected chi connectivity index (χ4v) is 3.74. The summed E-state index contributed by atoms with van der Waals surface area (Å²) >= 11 is 1.13. The minimum Gasteiger partial charge on any atom is -0.497 e. The summed E-state index contributed by atoms with van der Waals surface area (Å²) in [6, 6.07) is 14.7. The van der Waals surface area contributed by atoms with Crippen molar-refractivity contribution in [3.05, 3.63) is 64.7 Å². The molecular formula is C23H26N6O3S. The highest BCUT2D eigenvalue weighted by atomic mass is 32.1. The van der Waals surface area contributed by atoms with E-state index in [4.69, 9.17) is 4.74 Å². The Labute approximate surface area is 196 Å². The highest BCUT2D eigenvalue weighted by Gasteiger charge is 2.12. The first-order valence-electron chi connectivity index (χ1n) is 10.5. The van der Waals surface area contributed by atoms with Crippen LogP contribution >= 0.6 is 11.3 Å². The van der Waals surface area contributed by atoms with Gasteiger partial charge in [0.05, 0.1) is 19.7 Å². The van der Waals surface area contributed by atoms with Crippen LogP contribution in [-0.4, -0.2) is 48.4 Å². The van der Waals surface area contributed by atoms with Crippen LogP contribution in [0.2, 0.25) is 0 Å². The first kappa shape index (κ1) is 23.9. The number of rotatable bonds is 10. The summed E-state index contributed by atoms with van der Waals surface area (Å²) in [4.78, 5) is 26.7. The molecular weight excluding hydrogens is 440 g/mol. The molecule has 33 heavy (non-hydrogen) atoms. The number of anilines is 2. The molecule has 0 aliphatic rings. The van der Waals surface area contributed by atoms with Gasteiger partial charge in [-0.15, -0.1) is 10.2 Å². The lowest BCUT2D eigenvalue weighted by Crippen LogP contribution is -2.21. The molecule has 3 aromatic rings. The lowest BCUT2D eigenvalue weighted by atomic mass is 10.2. The molecule has 3 rings (SSSR count). The summed E-state index contributed by atoms with van der Waals surface area (Å²) in [6.07, 6.45) is 1.60. The zero-order valence-electron chi connectivity index (χ0n) is 18.7. The number of nitrogens with zero attached hydrogens (tertiary/aromatic N) is 4. The number of methoxy groups -OCH3 is 1. The van der Waals surface area contributed by atoms with Crippen molar-refractivity contribution in [2.45, 2.75) is 20.3 Å². The van der Waals surface area contributed by atoms with Crippen LogP contribution in [0.1, 0.15) is 34.8 Å². The van der Waals surface area contributed by atoms with Crippen molar-refractivity contribution in [3.8, 4) is 5.75 Å². The van der Waals surface area contributed by atoms with Crippen LogP contribution in [0, 0.1) is 0 Å². The van der Waals surface area contributed by atoms with E-state index in [2.05, 4.69) is 44.8 Å². The second-order valence-corrected chi connectivity index (χ2v) is 7.98. The van der Waals surface area contributed by atoms with Crippen LogP contribution in [-0.2, 0) is 11.2 Å². The van der Waals surface area contributed by atoms with E-state index < -0.39 is 0 Å². The number of amides is 2. The molecule has 0 aliphatic carbocycles. The molecule has 0 saturated carbocycles. The fraction of sp³-hybridized carbons (Fsp3) is 0.261. The maximum Gasteiger partial charge on any atom is 0.257 e. The number of hydrogen-bond donors (Lipinski definition) is 2. The van der Waals surface area contributed by atoms with Gasteiger partial charge in [-0.05, 0) is 55.8 Å². The van der Waals surface area contributed by atoms with Gasteiger partial charge in [-0.2, -0.15) is 5.10 Å². The van der Waals surface area contributed by atoms with Crippen LogP contribution in [0.15, 0.2) is 53.6 Å². The fourth-order valence-electron chi connectivity index (χ4n) is 3.00. The van der Waals surface area contributed by atoms with E-state index in [1.165, 1.54) is 0 Å². The summed E-state index contributed by atoms with van der Waals surface area (Å²) in [5, 5.41) is 15.3. The first-order valence-corrected chi connectivity index (χ1v) is 11.3. The quantitative estimate of drug-likeness (QED) is 0.350. The lowest BCUT2D eigenvalue weighted by Gasteiger charge is -2.20. The molecule has 172 valence electrons. The molecule has 0 unspecified atom stereocenters. The molecule has 0 saturated heterocycles. The monoisotopic (exact) mass is 466 g/mol. The summed E-state index contributed by atoms with van der Waals surface area (Å²) in [5.74, 6) is 0.0201. The second kappa shape index (κ2) is 11.7. The van der Waals surface area contributed by atoms with Gasteiger partial charge in [0.1, 0.15) is 10.8 Å². The Morgan fingerprint density at radius 2 is 1.76 bits per heavy atom. The van der Waals surface area contributed by atoms with Gasteiger partial charge >= 0.3 is 0 Å². The van der Waals surface area contributed by atoms with Crippen LogP contribution in [0.4, 0.5) is 10.8 Å². The molecule has 2 aromatic carbocycles. The summed E-state index contributed by atoms with van der Waals surface area (Å²) in [5.41, 5.74) is 4.97. The predicted octanol–water partition coefficient (Wildman–Crippen LogP) is 3.34. The van der Waals surface area contributed by atoms with Gasteiger partial charge in [-0.1, -0.05) is 23.5 Å². The van der Waals surface area contributed by atoms with Crippen molar-refractivity contribution in [1.82, 2.24) is 15.6 Å². The van der Waals surface area contributed by atoms with Crippen molar-refractivity contribution in [3.63, 3.8) is 0 Å². The van der Waals surface area contributed by atoms with Gasteiger partial charge in [-0.3, -0.25) is 14.9 Å². The maximum absolute atomic E-state index is 12.3. The smallest absolute Gasteiger partial charge is 0.257 e. The third-order valence-electron chi connectivity index (χ3n) is 4.78. The van der Waals surface area contributed by atoms with E-state index in [0.29, 0.717) is 21.5 Å². The van der Waals surface area contributed by atoms with Gasteiger partial charge in [0, 0.05) is 24.3 Å². The van der Waals surface area contributed by atoms with Crippen LogP contribution in [0.3, 0.4) is 0 Å². The summed E-state index contributed by atoms with van der Waals surface area (Å²) in [7, 11) is 1.56. The van der Waals surface area contributed by atoms with E-state index in [0.717, 1.165) is 35.7 Å². The van der Waals surface area contributed by atoms with Crippen LogP contribution in [0.25, 0.3) is 0 Å². The molecule has 2 N–H and O–H groups in total. The van der Waals surface area contributed by atoms with E-state index in [1.807, 2.05) is 24.3 Å². The first-order chi connectivity index (χ1) is 16.0. The molecule has 2 amide bonds. The van der Waals surface area contributed by atoms with E-state index in [9.17, 15) is 9.59 Å². The molecule has 0 fully saturated rings. The molecule has 0 aliphatic heterocycles. The standard InChI is InChI=1S/C23H26N6O3S/c1-4-29(5-2)18-10-6-16(7-11-18)15-24-26-20(30)14-21-27-28-23(33-21)25-22(31)17-8-12-19(32-3)13-9-17/h6-13,15H,4-5,14H2,1-3H3,(H,26,30)(H,25,28,31)/b24-15+. The third kappa shape index (κ3) is 6.84. The van der Waals surface area contributed by atoms with Crippen molar-refractivity contribution in [2.24, 2.45) is 5.10 Å². The number of carbonyl (C=O) groups excluding carboxylic acids is 2. The normalized spacial score (nSPS) is 10.8. The van der Waals surface area contributed by atoms with Gasteiger partial charge in [-0.25, -0.2) is 5.43 Å². The minimum atomic E-state index is -0.324. The Morgan fingerprint density at radius 3 is 2.39 bits per heavy atom. The Bertz CT molecular complexity index is 1090. The number of nitrogens with one attached hydrogen (secondary N) is 2. The number of carbonyl (C=O) groups is 2. The van der Waals surface area contributed by atoms with Crippen molar-refractivity contribution >= 4 is 40.2 Å². The van der Waals surface area contributed by atoms with Gasteiger partial charge in [0.25, 0.3) is 5.91 Å². The highest BCUT2D eigenvalue weighted by Crippen LogP contribution is 2.18. The zero-order chi connectivity index (χ0) is 23.6. The van der Waals surface area contributed by atoms with Gasteiger partial charge < -0.3 is 9.64 Å². The van der Waals surface area contributed by atoms with E-state index >= 15 is 0 Å².